The van der Waals surface area contributed by atoms with E-state index in [1.807, 2.05) is 12.1 Å². The maximum Gasteiger partial charge on any atom is 0.123 e. The van der Waals surface area contributed by atoms with Gasteiger partial charge in [0.15, 0.2) is 0 Å². The van der Waals surface area contributed by atoms with E-state index >= 15 is 0 Å². The third-order valence-electron chi connectivity index (χ3n) is 5.40. The second-order valence-electron chi connectivity index (χ2n) is 7.40. The van der Waals surface area contributed by atoms with Gasteiger partial charge in [0.05, 0.1) is 0 Å². The first-order chi connectivity index (χ1) is 11.1. The normalized spacial score (nSPS) is 26.3. The summed E-state index contributed by atoms with van der Waals surface area (Å²) >= 11 is 0. The van der Waals surface area contributed by atoms with Crippen LogP contribution in [0.3, 0.4) is 0 Å². The van der Waals surface area contributed by atoms with Crippen molar-refractivity contribution in [2.24, 2.45) is 5.92 Å². The second kappa shape index (κ2) is 7.73. The van der Waals surface area contributed by atoms with Gasteiger partial charge in [-0.1, -0.05) is 19.1 Å². The lowest BCUT2D eigenvalue weighted by molar-refractivity contribution is 0.0928. The first kappa shape index (κ1) is 16.9. The topological polar surface area (TPSA) is 18.5 Å². The molecular formula is C19H30FN3. The minimum atomic E-state index is -0.145. The molecule has 0 saturated carbocycles. The predicted octanol–water partition coefficient (Wildman–Crippen LogP) is 2.89. The van der Waals surface area contributed by atoms with E-state index in [9.17, 15) is 4.39 Å². The van der Waals surface area contributed by atoms with E-state index in [2.05, 4.69) is 29.0 Å². The Bertz CT molecular complexity index is 482. The van der Waals surface area contributed by atoms with Gasteiger partial charge in [-0.25, -0.2) is 4.39 Å². The molecule has 2 aliphatic rings. The number of piperazine rings is 1. The molecule has 3 nitrogen and oxygen atoms in total. The van der Waals surface area contributed by atoms with Gasteiger partial charge in [-0.15, -0.1) is 0 Å². The van der Waals surface area contributed by atoms with Crippen LogP contribution in [0, 0.1) is 11.7 Å². The lowest BCUT2D eigenvalue weighted by atomic mass is 9.97. The van der Waals surface area contributed by atoms with Crippen LogP contribution in [0.2, 0.25) is 0 Å². The fourth-order valence-corrected chi connectivity index (χ4v) is 3.85. The number of halogens is 1. The molecule has 2 unspecified atom stereocenters. The number of nitrogens with one attached hydrogen (secondary N) is 1. The summed E-state index contributed by atoms with van der Waals surface area (Å²) in [6.45, 7) is 11.2. The van der Waals surface area contributed by atoms with E-state index in [1.54, 1.807) is 12.1 Å². The van der Waals surface area contributed by atoms with Gasteiger partial charge in [-0.05, 0) is 56.5 Å². The summed E-state index contributed by atoms with van der Waals surface area (Å²) in [7, 11) is 0. The Labute approximate surface area is 139 Å². The Balaban J connectivity index is 1.73. The van der Waals surface area contributed by atoms with Gasteiger partial charge in [0.2, 0.25) is 0 Å². The zero-order valence-electron chi connectivity index (χ0n) is 14.5. The summed E-state index contributed by atoms with van der Waals surface area (Å²) in [5, 5.41) is 3.52. The summed E-state index contributed by atoms with van der Waals surface area (Å²) in [6, 6.07) is 8.04. The van der Waals surface area contributed by atoms with E-state index in [0.717, 1.165) is 32.1 Å². The fourth-order valence-electron chi connectivity index (χ4n) is 3.85. The third kappa shape index (κ3) is 4.52. The maximum atomic E-state index is 13.3. The standard InChI is InChI=1S/C19H30FN3/c1-15-7-10-22(11-8-15)14-19(17-3-5-18(20)6-4-17)23-12-9-21-16(2)13-23/h3-6,15-16,19,21H,7-14H2,1-2H3. The molecule has 0 amide bonds. The molecule has 0 spiro atoms. The van der Waals surface area contributed by atoms with E-state index in [0.29, 0.717) is 12.1 Å². The van der Waals surface area contributed by atoms with Crippen molar-refractivity contribution in [1.29, 1.82) is 0 Å². The first-order valence-electron chi connectivity index (χ1n) is 9.07. The molecule has 2 atom stereocenters. The Morgan fingerprint density at radius 2 is 1.83 bits per heavy atom. The van der Waals surface area contributed by atoms with E-state index in [-0.39, 0.29) is 5.82 Å². The van der Waals surface area contributed by atoms with Gasteiger partial charge in [0.25, 0.3) is 0 Å². The molecule has 2 fully saturated rings. The lowest BCUT2D eigenvalue weighted by Crippen LogP contribution is -2.52. The summed E-state index contributed by atoms with van der Waals surface area (Å²) < 4.78 is 13.3. The van der Waals surface area contributed by atoms with Crippen molar-refractivity contribution in [2.75, 3.05) is 39.3 Å². The highest BCUT2D eigenvalue weighted by Crippen LogP contribution is 2.26. The molecular weight excluding hydrogens is 289 g/mol. The van der Waals surface area contributed by atoms with Crippen molar-refractivity contribution in [3.8, 4) is 0 Å². The molecule has 0 bridgehead atoms. The number of likely N-dealkylation sites (tertiary alicyclic amines) is 1. The SMILES string of the molecule is CC1CCN(CC(c2ccc(F)cc2)N2CCNC(C)C2)CC1. The van der Waals surface area contributed by atoms with Gasteiger partial charge in [0.1, 0.15) is 5.82 Å². The summed E-state index contributed by atoms with van der Waals surface area (Å²) in [5.41, 5.74) is 1.25. The highest BCUT2D eigenvalue weighted by molar-refractivity contribution is 5.21. The van der Waals surface area contributed by atoms with Crippen molar-refractivity contribution < 1.29 is 4.39 Å². The number of benzene rings is 1. The van der Waals surface area contributed by atoms with Gasteiger partial charge in [0, 0.05) is 38.3 Å². The molecule has 1 aromatic carbocycles. The Kier molecular flexibility index (Phi) is 5.67. The monoisotopic (exact) mass is 319 g/mol. The zero-order valence-corrected chi connectivity index (χ0v) is 14.5. The summed E-state index contributed by atoms with van der Waals surface area (Å²) in [4.78, 5) is 5.17. The maximum absolute atomic E-state index is 13.3. The average Bonchev–Trinajstić information content (AvgIpc) is 2.55. The van der Waals surface area contributed by atoms with E-state index < -0.39 is 0 Å². The molecule has 0 radical (unpaired) electrons. The van der Waals surface area contributed by atoms with Crippen LogP contribution in [0.25, 0.3) is 0 Å². The molecule has 1 aromatic rings. The van der Waals surface area contributed by atoms with Crippen molar-refractivity contribution in [2.45, 2.75) is 38.8 Å². The highest BCUT2D eigenvalue weighted by Gasteiger charge is 2.28. The Hall–Kier alpha value is -0.970. The minimum Gasteiger partial charge on any atom is -0.312 e. The Morgan fingerprint density at radius 3 is 2.48 bits per heavy atom. The molecule has 2 aliphatic heterocycles. The van der Waals surface area contributed by atoms with E-state index in [4.69, 9.17) is 0 Å². The number of nitrogens with zero attached hydrogens (tertiary/aromatic N) is 2. The van der Waals surface area contributed by atoms with Gasteiger partial charge in [-0.2, -0.15) is 0 Å². The largest absolute Gasteiger partial charge is 0.312 e. The van der Waals surface area contributed by atoms with Crippen LogP contribution in [0.1, 0.15) is 38.3 Å². The molecule has 2 heterocycles. The molecule has 2 saturated heterocycles. The predicted molar refractivity (Wildman–Crippen MR) is 93.0 cm³/mol. The summed E-state index contributed by atoms with van der Waals surface area (Å²) in [6.07, 6.45) is 2.60. The smallest absolute Gasteiger partial charge is 0.123 e. The van der Waals surface area contributed by atoms with Gasteiger partial charge >= 0.3 is 0 Å². The van der Waals surface area contributed by atoms with Crippen molar-refractivity contribution in [1.82, 2.24) is 15.1 Å². The van der Waals surface area contributed by atoms with Crippen molar-refractivity contribution in [3.63, 3.8) is 0 Å². The molecule has 0 aliphatic carbocycles. The zero-order chi connectivity index (χ0) is 16.2. The summed E-state index contributed by atoms with van der Waals surface area (Å²) in [5.74, 6) is 0.711. The first-order valence-corrected chi connectivity index (χ1v) is 9.07. The van der Waals surface area contributed by atoms with E-state index in [1.165, 1.54) is 31.5 Å². The molecule has 4 heteroatoms. The quantitative estimate of drug-likeness (QED) is 0.920. The minimum absolute atomic E-state index is 0.145. The van der Waals surface area contributed by atoms with Crippen LogP contribution in [-0.4, -0.2) is 55.1 Å². The average molecular weight is 319 g/mol. The number of hydrogen-bond donors (Lipinski definition) is 1. The van der Waals surface area contributed by atoms with Crippen LogP contribution < -0.4 is 5.32 Å². The highest BCUT2D eigenvalue weighted by atomic mass is 19.1. The number of rotatable bonds is 4. The van der Waals surface area contributed by atoms with Crippen LogP contribution in [0.15, 0.2) is 24.3 Å². The second-order valence-corrected chi connectivity index (χ2v) is 7.40. The molecule has 0 aromatic heterocycles. The third-order valence-corrected chi connectivity index (χ3v) is 5.40. The molecule has 128 valence electrons. The van der Waals surface area contributed by atoms with Gasteiger partial charge < -0.3 is 10.2 Å². The fraction of sp³-hybridized carbons (Fsp3) is 0.684. The van der Waals surface area contributed by atoms with Crippen LogP contribution in [-0.2, 0) is 0 Å². The Morgan fingerprint density at radius 1 is 1.13 bits per heavy atom. The molecule has 1 N–H and O–H groups in total. The number of hydrogen-bond acceptors (Lipinski definition) is 3. The number of piperidine rings is 1. The molecule has 23 heavy (non-hydrogen) atoms. The molecule has 3 rings (SSSR count). The van der Waals surface area contributed by atoms with Crippen LogP contribution in [0.4, 0.5) is 4.39 Å². The van der Waals surface area contributed by atoms with Crippen LogP contribution >= 0.6 is 0 Å². The van der Waals surface area contributed by atoms with Gasteiger partial charge in [-0.3, -0.25) is 4.90 Å². The van der Waals surface area contributed by atoms with Crippen molar-refractivity contribution in [3.05, 3.63) is 35.6 Å². The van der Waals surface area contributed by atoms with Crippen LogP contribution in [0.5, 0.6) is 0 Å². The lowest BCUT2D eigenvalue weighted by Gasteiger charge is -2.41. The van der Waals surface area contributed by atoms with Crippen molar-refractivity contribution >= 4 is 0 Å².